The van der Waals surface area contributed by atoms with Crippen LogP contribution in [0, 0.1) is 12.7 Å². The third kappa shape index (κ3) is 3.57. The normalized spacial score (nSPS) is 12.6. The van der Waals surface area contributed by atoms with Crippen LogP contribution in [0.25, 0.3) is 0 Å². The van der Waals surface area contributed by atoms with E-state index in [-0.39, 0.29) is 11.9 Å². The Morgan fingerprint density at radius 3 is 2.85 bits per heavy atom. The molecule has 0 spiro atoms. The molecular weight excluding hydrogens is 295 g/mol. The van der Waals surface area contributed by atoms with Gasteiger partial charge in [0.2, 0.25) is 0 Å². The Labute approximate surface area is 128 Å². The second-order valence-corrected chi connectivity index (χ2v) is 6.01. The molecule has 0 aliphatic rings. The predicted molar refractivity (Wildman–Crippen MR) is 83.0 cm³/mol. The summed E-state index contributed by atoms with van der Waals surface area (Å²) in [5.41, 5.74) is 3.39. The molecule has 0 aliphatic heterocycles. The fourth-order valence-electron chi connectivity index (χ4n) is 2.15. The SMILES string of the molecule is CCCNC(Cc1c(F)cccc1Cl)c1scnc1C. The van der Waals surface area contributed by atoms with Crippen molar-refractivity contribution < 1.29 is 4.39 Å². The van der Waals surface area contributed by atoms with Crippen molar-refractivity contribution in [3.63, 3.8) is 0 Å². The summed E-state index contributed by atoms with van der Waals surface area (Å²) in [7, 11) is 0. The zero-order valence-electron chi connectivity index (χ0n) is 11.6. The molecule has 0 amide bonds. The highest BCUT2D eigenvalue weighted by atomic mass is 35.5. The topological polar surface area (TPSA) is 24.9 Å². The van der Waals surface area contributed by atoms with E-state index in [1.807, 2.05) is 12.4 Å². The third-order valence-electron chi connectivity index (χ3n) is 3.21. The second-order valence-electron chi connectivity index (χ2n) is 4.71. The summed E-state index contributed by atoms with van der Waals surface area (Å²) in [5.74, 6) is -0.247. The van der Waals surface area contributed by atoms with Crippen LogP contribution >= 0.6 is 22.9 Å². The highest BCUT2D eigenvalue weighted by Gasteiger charge is 2.19. The standard InChI is InChI=1S/C15H18ClFN2S/c1-3-7-18-14(15-10(2)19-9-20-15)8-11-12(16)5-4-6-13(11)17/h4-6,9,14,18H,3,7-8H2,1-2H3. The highest BCUT2D eigenvalue weighted by molar-refractivity contribution is 7.09. The van der Waals surface area contributed by atoms with Crippen LogP contribution in [0.4, 0.5) is 4.39 Å². The predicted octanol–water partition coefficient (Wildman–Crippen LogP) is 4.53. The van der Waals surface area contributed by atoms with Gasteiger partial charge in [0, 0.05) is 21.5 Å². The van der Waals surface area contributed by atoms with E-state index < -0.39 is 0 Å². The summed E-state index contributed by atoms with van der Waals surface area (Å²) >= 11 is 7.73. The fourth-order valence-corrected chi connectivity index (χ4v) is 3.27. The highest BCUT2D eigenvalue weighted by Crippen LogP contribution is 2.29. The molecule has 2 aromatic rings. The van der Waals surface area contributed by atoms with Gasteiger partial charge in [0.05, 0.1) is 11.2 Å². The van der Waals surface area contributed by atoms with E-state index >= 15 is 0 Å². The maximum atomic E-state index is 14.0. The summed E-state index contributed by atoms with van der Waals surface area (Å²) < 4.78 is 14.0. The van der Waals surface area contributed by atoms with Gasteiger partial charge in [-0.1, -0.05) is 24.6 Å². The van der Waals surface area contributed by atoms with Gasteiger partial charge in [0.1, 0.15) is 5.82 Å². The molecule has 1 atom stereocenters. The first-order valence-corrected chi connectivity index (χ1v) is 7.95. The lowest BCUT2D eigenvalue weighted by Crippen LogP contribution is -2.24. The molecule has 1 aromatic carbocycles. The number of hydrogen-bond acceptors (Lipinski definition) is 3. The Morgan fingerprint density at radius 2 is 2.25 bits per heavy atom. The number of rotatable bonds is 6. The van der Waals surface area contributed by atoms with Crippen LogP contribution in [-0.4, -0.2) is 11.5 Å². The van der Waals surface area contributed by atoms with Gasteiger partial charge in [-0.15, -0.1) is 11.3 Å². The van der Waals surface area contributed by atoms with E-state index in [1.54, 1.807) is 23.5 Å². The minimum atomic E-state index is -0.247. The van der Waals surface area contributed by atoms with Crippen LogP contribution in [0.15, 0.2) is 23.7 Å². The molecule has 0 saturated heterocycles. The Kier molecular flexibility index (Phi) is 5.52. The molecule has 0 fully saturated rings. The van der Waals surface area contributed by atoms with Crippen LogP contribution < -0.4 is 5.32 Å². The second kappa shape index (κ2) is 7.16. The Bertz CT molecular complexity index is 551. The number of nitrogens with zero attached hydrogens (tertiary/aromatic N) is 1. The van der Waals surface area contributed by atoms with Gasteiger partial charge < -0.3 is 5.32 Å². The summed E-state index contributed by atoms with van der Waals surface area (Å²) in [6.45, 7) is 4.98. The molecule has 5 heteroatoms. The van der Waals surface area contributed by atoms with Crippen molar-refractivity contribution in [2.24, 2.45) is 0 Å². The van der Waals surface area contributed by atoms with Crippen molar-refractivity contribution in [3.8, 4) is 0 Å². The summed E-state index contributed by atoms with van der Waals surface area (Å²) in [6, 6.07) is 4.87. The Hall–Kier alpha value is -0.970. The minimum absolute atomic E-state index is 0.0526. The molecule has 0 radical (unpaired) electrons. The largest absolute Gasteiger partial charge is 0.309 e. The molecule has 0 aliphatic carbocycles. The number of aryl methyl sites for hydroxylation is 1. The number of hydrogen-bond donors (Lipinski definition) is 1. The first-order chi connectivity index (χ1) is 9.63. The molecule has 1 N–H and O–H groups in total. The molecule has 108 valence electrons. The maximum absolute atomic E-state index is 14.0. The van der Waals surface area contributed by atoms with Crippen LogP contribution in [-0.2, 0) is 6.42 Å². The fraction of sp³-hybridized carbons (Fsp3) is 0.400. The summed E-state index contributed by atoms with van der Waals surface area (Å²) in [4.78, 5) is 5.43. The van der Waals surface area contributed by atoms with E-state index in [0.717, 1.165) is 23.5 Å². The maximum Gasteiger partial charge on any atom is 0.127 e. The number of benzene rings is 1. The van der Waals surface area contributed by atoms with Crippen molar-refractivity contribution in [1.82, 2.24) is 10.3 Å². The summed E-state index contributed by atoms with van der Waals surface area (Å²) in [5, 5.41) is 3.94. The van der Waals surface area contributed by atoms with Gasteiger partial charge in [0.25, 0.3) is 0 Å². The smallest absolute Gasteiger partial charge is 0.127 e. The monoisotopic (exact) mass is 312 g/mol. The molecule has 0 saturated carbocycles. The van der Waals surface area contributed by atoms with Gasteiger partial charge in [-0.3, -0.25) is 0 Å². The van der Waals surface area contributed by atoms with E-state index in [1.165, 1.54) is 6.07 Å². The van der Waals surface area contributed by atoms with Crippen molar-refractivity contribution in [2.75, 3.05) is 6.54 Å². The molecule has 2 nitrogen and oxygen atoms in total. The molecule has 1 unspecified atom stereocenters. The Morgan fingerprint density at radius 1 is 1.45 bits per heavy atom. The van der Waals surface area contributed by atoms with Gasteiger partial charge in [-0.05, 0) is 38.4 Å². The Balaban J connectivity index is 2.26. The zero-order chi connectivity index (χ0) is 14.5. The first-order valence-electron chi connectivity index (χ1n) is 6.69. The quantitative estimate of drug-likeness (QED) is 0.848. The lowest BCUT2D eigenvalue weighted by Gasteiger charge is -2.19. The number of thiazole rings is 1. The van der Waals surface area contributed by atoms with Crippen molar-refractivity contribution >= 4 is 22.9 Å². The van der Waals surface area contributed by atoms with E-state index in [0.29, 0.717) is 17.0 Å². The molecule has 20 heavy (non-hydrogen) atoms. The average molecular weight is 313 g/mol. The summed E-state index contributed by atoms with van der Waals surface area (Å²) in [6.07, 6.45) is 1.56. The number of halogens is 2. The van der Waals surface area contributed by atoms with Gasteiger partial charge in [-0.25, -0.2) is 9.37 Å². The van der Waals surface area contributed by atoms with Crippen molar-refractivity contribution in [2.45, 2.75) is 32.7 Å². The van der Waals surface area contributed by atoms with Crippen molar-refractivity contribution in [3.05, 3.63) is 50.7 Å². The van der Waals surface area contributed by atoms with E-state index in [9.17, 15) is 4.39 Å². The van der Waals surface area contributed by atoms with Crippen LogP contribution in [0.2, 0.25) is 5.02 Å². The molecule has 2 rings (SSSR count). The zero-order valence-corrected chi connectivity index (χ0v) is 13.2. The molecule has 1 aromatic heterocycles. The van der Waals surface area contributed by atoms with E-state index in [2.05, 4.69) is 17.2 Å². The molecular formula is C15H18ClFN2S. The van der Waals surface area contributed by atoms with E-state index in [4.69, 9.17) is 11.6 Å². The van der Waals surface area contributed by atoms with Gasteiger partial charge in [-0.2, -0.15) is 0 Å². The van der Waals surface area contributed by atoms with Gasteiger partial charge >= 0.3 is 0 Å². The number of nitrogens with one attached hydrogen (secondary N) is 1. The third-order valence-corrected chi connectivity index (χ3v) is 4.61. The lowest BCUT2D eigenvalue weighted by atomic mass is 10.0. The lowest BCUT2D eigenvalue weighted by molar-refractivity contribution is 0.517. The minimum Gasteiger partial charge on any atom is -0.309 e. The van der Waals surface area contributed by atoms with Crippen molar-refractivity contribution in [1.29, 1.82) is 0 Å². The van der Waals surface area contributed by atoms with Gasteiger partial charge in [0.15, 0.2) is 0 Å². The molecule has 1 heterocycles. The van der Waals surface area contributed by atoms with Crippen LogP contribution in [0.3, 0.4) is 0 Å². The number of aromatic nitrogens is 1. The van der Waals surface area contributed by atoms with Crippen LogP contribution in [0.1, 0.15) is 35.5 Å². The molecule has 0 bridgehead atoms. The first kappa shape index (κ1) is 15.4. The van der Waals surface area contributed by atoms with Crippen LogP contribution in [0.5, 0.6) is 0 Å². The average Bonchev–Trinajstić information content (AvgIpc) is 2.84.